The Hall–Kier alpha value is -2.86. The molecule has 2 amide bonds. The van der Waals surface area contributed by atoms with Gasteiger partial charge in [0.05, 0.1) is 6.42 Å². The molecule has 0 spiro atoms. The third kappa shape index (κ3) is 6.64. The molecule has 2 aromatic carbocycles. The Morgan fingerprint density at radius 1 is 0.920 bits per heavy atom. The largest absolute Gasteiger partial charge is 0.455 e. The summed E-state index contributed by atoms with van der Waals surface area (Å²) < 4.78 is 4.95. The van der Waals surface area contributed by atoms with Gasteiger partial charge in [-0.3, -0.25) is 14.4 Å². The Labute approximate surface area is 150 Å². The minimum Gasteiger partial charge on any atom is -0.455 e. The van der Waals surface area contributed by atoms with Crippen molar-refractivity contribution in [2.24, 2.45) is 0 Å². The molecule has 0 atom stereocenters. The standard InChI is InChI=1S/C18H17ClN2O4/c1-12(22)20-15-6-2-13(3-7-15)10-18(24)25-11-17(23)21-16-8-4-14(19)5-9-16/h2-9H,10-11H2,1H3,(H,20,22)(H,21,23). The number of esters is 1. The van der Waals surface area contributed by atoms with Crippen molar-refractivity contribution in [2.45, 2.75) is 13.3 Å². The summed E-state index contributed by atoms with van der Waals surface area (Å²) in [7, 11) is 0. The molecule has 130 valence electrons. The molecule has 0 aliphatic rings. The van der Waals surface area contributed by atoms with E-state index in [1.165, 1.54) is 6.92 Å². The minimum absolute atomic E-state index is 0.0363. The molecule has 0 radical (unpaired) electrons. The first kappa shape index (κ1) is 18.5. The Bertz CT molecular complexity index is 758. The summed E-state index contributed by atoms with van der Waals surface area (Å²) in [6, 6.07) is 13.4. The molecule has 0 saturated carbocycles. The number of halogens is 1. The van der Waals surface area contributed by atoms with Crippen LogP contribution in [0.4, 0.5) is 11.4 Å². The van der Waals surface area contributed by atoms with Crippen LogP contribution < -0.4 is 10.6 Å². The molecule has 0 aromatic heterocycles. The van der Waals surface area contributed by atoms with Crippen molar-refractivity contribution in [1.82, 2.24) is 0 Å². The molecule has 6 nitrogen and oxygen atoms in total. The van der Waals surface area contributed by atoms with E-state index in [-0.39, 0.29) is 18.9 Å². The average Bonchev–Trinajstić information content (AvgIpc) is 2.56. The molecule has 2 aromatic rings. The average molecular weight is 361 g/mol. The van der Waals surface area contributed by atoms with Crippen LogP contribution in [0.1, 0.15) is 12.5 Å². The molecule has 2 rings (SSSR count). The van der Waals surface area contributed by atoms with E-state index in [2.05, 4.69) is 10.6 Å². The maximum atomic E-state index is 11.8. The fourth-order valence-corrected chi connectivity index (χ4v) is 2.13. The Balaban J connectivity index is 1.77. The van der Waals surface area contributed by atoms with Gasteiger partial charge in [0.1, 0.15) is 0 Å². The number of anilines is 2. The number of hydrogen-bond donors (Lipinski definition) is 2. The first-order chi connectivity index (χ1) is 11.9. The van der Waals surface area contributed by atoms with Crippen molar-refractivity contribution in [1.29, 1.82) is 0 Å². The van der Waals surface area contributed by atoms with E-state index < -0.39 is 11.9 Å². The van der Waals surface area contributed by atoms with Gasteiger partial charge < -0.3 is 15.4 Å². The molecular weight excluding hydrogens is 344 g/mol. The highest BCUT2D eigenvalue weighted by Crippen LogP contribution is 2.13. The zero-order valence-corrected chi connectivity index (χ0v) is 14.3. The van der Waals surface area contributed by atoms with Crippen LogP contribution >= 0.6 is 11.6 Å². The molecule has 2 N–H and O–H groups in total. The smallest absolute Gasteiger partial charge is 0.310 e. The fourth-order valence-electron chi connectivity index (χ4n) is 2.00. The molecule has 0 aliphatic heterocycles. The summed E-state index contributed by atoms with van der Waals surface area (Å²) in [6.07, 6.45) is 0.0363. The van der Waals surface area contributed by atoms with Crippen LogP contribution in [-0.4, -0.2) is 24.4 Å². The van der Waals surface area contributed by atoms with Gasteiger partial charge in [-0.15, -0.1) is 0 Å². The monoisotopic (exact) mass is 360 g/mol. The lowest BCUT2D eigenvalue weighted by Gasteiger charge is -2.07. The highest BCUT2D eigenvalue weighted by atomic mass is 35.5. The van der Waals surface area contributed by atoms with Gasteiger partial charge in [0.2, 0.25) is 5.91 Å². The molecule has 0 heterocycles. The Kier molecular flexibility index (Phi) is 6.54. The zero-order chi connectivity index (χ0) is 18.2. The van der Waals surface area contributed by atoms with E-state index in [0.717, 1.165) is 5.56 Å². The van der Waals surface area contributed by atoms with Crippen LogP contribution in [0.3, 0.4) is 0 Å². The molecule has 0 unspecified atom stereocenters. The predicted octanol–water partition coefficient (Wildman–Crippen LogP) is 3.02. The molecule has 0 saturated heterocycles. The van der Waals surface area contributed by atoms with Crippen molar-refractivity contribution in [2.75, 3.05) is 17.2 Å². The lowest BCUT2D eigenvalue weighted by atomic mass is 10.1. The van der Waals surface area contributed by atoms with E-state index in [9.17, 15) is 14.4 Å². The number of carbonyl (C=O) groups is 3. The van der Waals surface area contributed by atoms with Crippen LogP contribution in [0.25, 0.3) is 0 Å². The highest BCUT2D eigenvalue weighted by Gasteiger charge is 2.09. The first-order valence-corrected chi connectivity index (χ1v) is 7.88. The zero-order valence-electron chi connectivity index (χ0n) is 13.5. The van der Waals surface area contributed by atoms with Crippen LogP contribution in [0.2, 0.25) is 5.02 Å². The topological polar surface area (TPSA) is 84.5 Å². The van der Waals surface area contributed by atoms with Gasteiger partial charge >= 0.3 is 5.97 Å². The van der Waals surface area contributed by atoms with Gasteiger partial charge in [0, 0.05) is 23.3 Å². The van der Waals surface area contributed by atoms with Gasteiger partial charge in [-0.1, -0.05) is 23.7 Å². The van der Waals surface area contributed by atoms with E-state index in [1.807, 2.05) is 0 Å². The normalized spacial score (nSPS) is 10.0. The number of nitrogens with one attached hydrogen (secondary N) is 2. The second-order valence-corrected chi connectivity index (χ2v) is 5.71. The third-order valence-electron chi connectivity index (χ3n) is 3.11. The van der Waals surface area contributed by atoms with Gasteiger partial charge in [-0.2, -0.15) is 0 Å². The lowest BCUT2D eigenvalue weighted by molar-refractivity contribution is -0.146. The Morgan fingerprint density at radius 2 is 1.48 bits per heavy atom. The van der Waals surface area contributed by atoms with E-state index in [0.29, 0.717) is 16.4 Å². The van der Waals surface area contributed by atoms with Crippen molar-refractivity contribution in [3.8, 4) is 0 Å². The van der Waals surface area contributed by atoms with E-state index >= 15 is 0 Å². The maximum absolute atomic E-state index is 11.8. The third-order valence-corrected chi connectivity index (χ3v) is 3.37. The number of ether oxygens (including phenoxy) is 1. The van der Waals surface area contributed by atoms with E-state index in [4.69, 9.17) is 16.3 Å². The summed E-state index contributed by atoms with van der Waals surface area (Å²) in [4.78, 5) is 34.5. The summed E-state index contributed by atoms with van der Waals surface area (Å²) in [5.74, 6) is -1.12. The molecule has 25 heavy (non-hydrogen) atoms. The fraction of sp³-hybridized carbons (Fsp3) is 0.167. The van der Waals surface area contributed by atoms with Crippen molar-refractivity contribution in [3.05, 3.63) is 59.1 Å². The molecular formula is C18H17ClN2O4. The van der Waals surface area contributed by atoms with Gasteiger partial charge in [0.15, 0.2) is 6.61 Å². The number of benzene rings is 2. The summed E-state index contributed by atoms with van der Waals surface area (Å²) >= 11 is 5.76. The minimum atomic E-state index is -0.515. The SMILES string of the molecule is CC(=O)Nc1ccc(CC(=O)OCC(=O)Nc2ccc(Cl)cc2)cc1. The number of rotatable bonds is 6. The number of hydrogen-bond acceptors (Lipinski definition) is 4. The second kappa shape index (κ2) is 8.84. The number of carbonyl (C=O) groups excluding carboxylic acids is 3. The van der Waals surface area contributed by atoms with Crippen LogP contribution in [0.15, 0.2) is 48.5 Å². The Morgan fingerprint density at radius 3 is 2.08 bits per heavy atom. The van der Waals surface area contributed by atoms with Gasteiger partial charge in [0.25, 0.3) is 5.91 Å². The van der Waals surface area contributed by atoms with Gasteiger partial charge in [-0.25, -0.2) is 0 Å². The quantitative estimate of drug-likeness (QED) is 0.775. The second-order valence-electron chi connectivity index (χ2n) is 5.27. The summed E-state index contributed by atoms with van der Waals surface area (Å²) in [5, 5.41) is 5.80. The number of amides is 2. The van der Waals surface area contributed by atoms with Crippen LogP contribution in [-0.2, 0) is 25.5 Å². The molecule has 0 bridgehead atoms. The maximum Gasteiger partial charge on any atom is 0.310 e. The summed E-state index contributed by atoms with van der Waals surface area (Å²) in [5.41, 5.74) is 1.93. The molecule has 7 heteroatoms. The van der Waals surface area contributed by atoms with Crippen LogP contribution in [0, 0.1) is 0 Å². The summed E-state index contributed by atoms with van der Waals surface area (Å²) in [6.45, 7) is 1.05. The lowest BCUT2D eigenvalue weighted by Crippen LogP contribution is -2.21. The molecule has 0 fully saturated rings. The van der Waals surface area contributed by atoms with Crippen LogP contribution in [0.5, 0.6) is 0 Å². The highest BCUT2D eigenvalue weighted by molar-refractivity contribution is 6.30. The predicted molar refractivity (Wildman–Crippen MR) is 95.5 cm³/mol. The first-order valence-electron chi connectivity index (χ1n) is 7.50. The van der Waals surface area contributed by atoms with Crippen molar-refractivity contribution < 1.29 is 19.1 Å². The van der Waals surface area contributed by atoms with Crippen molar-refractivity contribution >= 4 is 40.8 Å². The van der Waals surface area contributed by atoms with E-state index in [1.54, 1.807) is 48.5 Å². The molecule has 0 aliphatic carbocycles. The van der Waals surface area contributed by atoms with Gasteiger partial charge in [-0.05, 0) is 42.0 Å². The van der Waals surface area contributed by atoms with Crippen molar-refractivity contribution in [3.63, 3.8) is 0 Å².